The molecule has 0 aromatic heterocycles. The van der Waals surface area contributed by atoms with Gasteiger partial charge in [-0.15, -0.1) is 0 Å². The number of guanidine groups is 1. The van der Waals surface area contributed by atoms with E-state index in [0.29, 0.717) is 24.1 Å². The smallest absolute Gasteiger partial charge is 0.191 e. The molecule has 1 saturated carbocycles. The standard InChI is InChI=1S/C23H38N4O/c1-6-24-22(26-20-19-13-15-28-21(19)23(20,3)4)25-14-12-17(2)27(5)16-18-10-8-7-9-11-18/h7-11,17,19-21H,6,12-16H2,1-5H3,(H2,24,25,26). The van der Waals surface area contributed by atoms with Crippen molar-refractivity contribution in [1.82, 2.24) is 15.5 Å². The molecular weight excluding hydrogens is 348 g/mol. The van der Waals surface area contributed by atoms with E-state index in [1.54, 1.807) is 0 Å². The molecule has 5 heteroatoms. The zero-order valence-electron chi connectivity index (χ0n) is 18.2. The summed E-state index contributed by atoms with van der Waals surface area (Å²) >= 11 is 0. The van der Waals surface area contributed by atoms with Crippen LogP contribution in [0, 0.1) is 11.3 Å². The predicted molar refractivity (Wildman–Crippen MR) is 117 cm³/mol. The van der Waals surface area contributed by atoms with Gasteiger partial charge in [-0.05, 0) is 39.3 Å². The van der Waals surface area contributed by atoms with Gasteiger partial charge in [0.2, 0.25) is 0 Å². The molecule has 2 N–H and O–H groups in total. The van der Waals surface area contributed by atoms with Gasteiger partial charge in [0.1, 0.15) is 0 Å². The molecule has 156 valence electrons. The van der Waals surface area contributed by atoms with Crippen LogP contribution in [0.15, 0.2) is 35.3 Å². The second kappa shape index (κ2) is 9.27. The summed E-state index contributed by atoms with van der Waals surface area (Å²) in [5.74, 6) is 1.57. The van der Waals surface area contributed by atoms with Crippen molar-refractivity contribution < 1.29 is 4.74 Å². The molecule has 0 radical (unpaired) electrons. The Hall–Kier alpha value is -1.59. The first-order valence-electron chi connectivity index (χ1n) is 10.8. The van der Waals surface area contributed by atoms with Crippen LogP contribution in [0.5, 0.6) is 0 Å². The monoisotopic (exact) mass is 386 g/mol. The van der Waals surface area contributed by atoms with Gasteiger partial charge in [-0.3, -0.25) is 9.89 Å². The number of aliphatic imine (C=N–C) groups is 1. The fourth-order valence-corrected chi connectivity index (χ4v) is 4.70. The van der Waals surface area contributed by atoms with Crippen molar-refractivity contribution in [1.29, 1.82) is 0 Å². The number of rotatable bonds is 8. The van der Waals surface area contributed by atoms with Crippen molar-refractivity contribution in [3.63, 3.8) is 0 Å². The van der Waals surface area contributed by atoms with E-state index in [4.69, 9.17) is 9.73 Å². The van der Waals surface area contributed by atoms with Crippen molar-refractivity contribution in [2.45, 2.75) is 65.3 Å². The molecule has 1 aromatic carbocycles. The van der Waals surface area contributed by atoms with Crippen LogP contribution in [-0.4, -0.2) is 55.8 Å². The van der Waals surface area contributed by atoms with Crippen LogP contribution in [0.4, 0.5) is 0 Å². The summed E-state index contributed by atoms with van der Waals surface area (Å²) in [6, 6.07) is 11.6. The third kappa shape index (κ3) is 4.69. The Labute approximate surface area is 170 Å². The first kappa shape index (κ1) is 21.1. The van der Waals surface area contributed by atoms with E-state index in [2.05, 4.69) is 80.6 Å². The minimum absolute atomic E-state index is 0.167. The highest BCUT2D eigenvalue weighted by molar-refractivity contribution is 5.80. The molecule has 1 aliphatic heterocycles. The molecular formula is C23H38N4O. The number of hydrogen-bond acceptors (Lipinski definition) is 3. The molecule has 2 fully saturated rings. The molecule has 4 atom stereocenters. The molecule has 0 amide bonds. The van der Waals surface area contributed by atoms with Crippen molar-refractivity contribution in [2.24, 2.45) is 16.3 Å². The van der Waals surface area contributed by atoms with E-state index in [1.165, 1.54) is 5.56 Å². The van der Waals surface area contributed by atoms with Crippen molar-refractivity contribution in [2.75, 3.05) is 26.7 Å². The lowest BCUT2D eigenvalue weighted by molar-refractivity contribution is -0.106. The third-order valence-electron chi connectivity index (χ3n) is 6.58. The number of nitrogens with one attached hydrogen (secondary N) is 2. The number of nitrogens with zero attached hydrogens (tertiary/aromatic N) is 2. The molecule has 5 nitrogen and oxygen atoms in total. The average molecular weight is 387 g/mol. The summed E-state index contributed by atoms with van der Waals surface area (Å²) in [5, 5.41) is 7.13. The zero-order chi connectivity index (χ0) is 20.1. The molecule has 1 aromatic rings. The quantitative estimate of drug-likeness (QED) is 0.532. The van der Waals surface area contributed by atoms with Gasteiger partial charge in [0, 0.05) is 49.7 Å². The second-order valence-corrected chi connectivity index (χ2v) is 8.99. The molecule has 1 aliphatic carbocycles. The zero-order valence-corrected chi connectivity index (χ0v) is 18.2. The Morgan fingerprint density at radius 2 is 2.07 bits per heavy atom. The lowest BCUT2D eigenvalue weighted by Crippen LogP contribution is -2.68. The summed E-state index contributed by atoms with van der Waals surface area (Å²) in [7, 11) is 2.20. The van der Waals surface area contributed by atoms with Crippen molar-refractivity contribution in [3.05, 3.63) is 35.9 Å². The van der Waals surface area contributed by atoms with Crippen LogP contribution in [0.2, 0.25) is 0 Å². The highest BCUT2D eigenvalue weighted by atomic mass is 16.5. The van der Waals surface area contributed by atoms with Crippen molar-refractivity contribution >= 4 is 5.96 Å². The highest BCUT2D eigenvalue weighted by Gasteiger charge is 2.59. The SMILES string of the molecule is CCNC(=NCCC(C)N(C)Cc1ccccc1)NC1C2CCOC2C1(C)C. The van der Waals surface area contributed by atoms with Crippen LogP contribution < -0.4 is 10.6 Å². The molecule has 3 rings (SSSR count). The minimum atomic E-state index is 0.167. The fraction of sp³-hybridized carbons (Fsp3) is 0.696. The molecule has 0 spiro atoms. The summed E-state index contributed by atoms with van der Waals surface area (Å²) in [6.07, 6.45) is 2.61. The maximum Gasteiger partial charge on any atom is 0.191 e. The van der Waals surface area contributed by atoms with Gasteiger partial charge in [0.25, 0.3) is 0 Å². The molecule has 1 saturated heterocycles. The lowest BCUT2D eigenvalue weighted by atomic mass is 9.57. The topological polar surface area (TPSA) is 48.9 Å². The molecule has 0 bridgehead atoms. The van der Waals surface area contributed by atoms with E-state index < -0.39 is 0 Å². The maximum atomic E-state index is 5.92. The third-order valence-corrected chi connectivity index (χ3v) is 6.58. The maximum absolute atomic E-state index is 5.92. The Bertz CT molecular complexity index is 645. The summed E-state index contributed by atoms with van der Waals surface area (Å²) in [5.41, 5.74) is 1.52. The van der Waals surface area contributed by atoms with Gasteiger partial charge in [0.15, 0.2) is 5.96 Å². The fourth-order valence-electron chi connectivity index (χ4n) is 4.70. The largest absolute Gasteiger partial charge is 0.377 e. The van der Waals surface area contributed by atoms with Gasteiger partial charge < -0.3 is 15.4 Å². The summed E-state index contributed by atoms with van der Waals surface area (Å²) in [6.45, 7) is 12.6. The lowest BCUT2D eigenvalue weighted by Gasteiger charge is -2.54. The van der Waals surface area contributed by atoms with Gasteiger partial charge in [-0.2, -0.15) is 0 Å². The minimum Gasteiger partial charge on any atom is -0.377 e. The summed E-state index contributed by atoms with van der Waals surface area (Å²) < 4.78 is 5.92. The van der Waals surface area contributed by atoms with Crippen LogP contribution in [0.25, 0.3) is 0 Å². The Balaban J connectivity index is 1.50. The van der Waals surface area contributed by atoms with Crippen LogP contribution in [0.3, 0.4) is 0 Å². The Morgan fingerprint density at radius 3 is 2.79 bits per heavy atom. The number of fused-ring (bicyclic) bond motifs is 1. The first-order valence-corrected chi connectivity index (χ1v) is 10.8. The molecule has 28 heavy (non-hydrogen) atoms. The van der Waals surface area contributed by atoms with Crippen LogP contribution in [-0.2, 0) is 11.3 Å². The predicted octanol–water partition coefficient (Wildman–Crippen LogP) is 3.27. The van der Waals surface area contributed by atoms with Crippen LogP contribution >= 0.6 is 0 Å². The number of ether oxygens (including phenoxy) is 1. The highest BCUT2D eigenvalue weighted by Crippen LogP contribution is 2.52. The summed E-state index contributed by atoms with van der Waals surface area (Å²) in [4.78, 5) is 7.27. The Kier molecular flexibility index (Phi) is 7.00. The van der Waals surface area contributed by atoms with E-state index >= 15 is 0 Å². The normalized spacial score (nSPS) is 27.2. The van der Waals surface area contributed by atoms with E-state index in [0.717, 1.165) is 45.0 Å². The average Bonchev–Trinajstić information content (AvgIpc) is 3.14. The van der Waals surface area contributed by atoms with Gasteiger partial charge in [-0.1, -0.05) is 44.2 Å². The molecule has 2 aliphatic rings. The van der Waals surface area contributed by atoms with Gasteiger partial charge >= 0.3 is 0 Å². The van der Waals surface area contributed by atoms with E-state index in [9.17, 15) is 0 Å². The van der Waals surface area contributed by atoms with E-state index in [-0.39, 0.29) is 5.41 Å². The van der Waals surface area contributed by atoms with Gasteiger partial charge in [0.05, 0.1) is 6.10 Å². The molecule has 1 heterocycles. The molecule has 4 unspecified atom stereocenters. The first-order chi connectivity index (χ1) is 13.4. The van der Waals surface area contributed by atoms with E-state index in [1.807, 2.05) is 0 Å². The van der Waals surface area contributed by atoms with Crippen molar-refractivity contribution in [3.8, 4) is 0 Å². The number of hydrogen-bond donors (Lipinski definition) is 2. The van der Waals surface area contributed by atoms with Crippen LogP contribution in [0.1, 0.15) is 46.1 Å². The second-order valence-electron chi connectivity index (χ2n) is 8.99. The number of benzene rings is 1. The Morgan fingerprint density at radius 1 is 1.32 bits per heavy atom. The van der Waals surface area contributed by atoms with Gasteiger partial charge in [-0.25, -0.2) is 0 Å².